The number of hydrogen-bond donors (Lipinski definition) is 1. The summed E-state index contributed by atoms with van der Waals surface area (Å²) < 4.78 is 7.47. The van der Waals surface area contributed by atoms with Gasteiger partial charge in [-0.1, -0.05) is 17.7 Å². The number of rotatable bonds is 5. The van der Waals surface area contributed by atoms with Crippen molar-refractivity contribution in [3.05, 3.63) is 55.4 Å². The van der Waals surface area contributed by atoms with Crippen molar-refractivity contribution in [2.75, 3.05) is 11.9 Å². The van der Waals surface area contributed by atoms with Gasteiger partial charge in [0, 0.05) is 17.3 Å². The van der Waals surface area contributed by atoms with Gasteiger partial charge in [0.15, 0.2) is 0 Å². The summed E-state index contributed by atoms with van der Waals surface area (Å²) in [7, 11) is 0. The molecule has 0 amide bonds. The molecule has 0 fully saturated rings. The van der Waals surface area contributed by atoms with Crippen LogP contribution in [0.15, 0.2) is 39.3 Å². The molecule has 2 nitrogen and oxygen atoms in total. The molecule has 21 heavy (non-hydrogen) atoms. The Morgan fingerprint density at radius 3 is 2.38 bits per heavy atom. The number of benzene rings is 2. The van der Waals surface area contributed by atoms with Crippen LogP contribution in [0.3, 0.4) is 0 Å². The topological polar surface area (TPSA) is 21.3 Å². The van der Waals surface area contributed by atoms with E-state index in [2.05, 4.69) is 49.3 Å². The molecule has 0 saturated carbocycles. The zero-order chi connectivity index (χ0) is 15.4. The van der Waals surface area contributed by atoms with Crippen molar-refractivity contribution in [2.45, 2.75) is 20.4 Å². The lowest BCUT2D eigenvalue weighted by atomic mass is 10.2. The first-order chi connectivity index (χ1) is 10.0. The molecule has 0 aliphatic heterocycles. The molecule has 2 aromatic rings. The minimum absolute atomic E-state index is 0.636. The van der Waals surface area contributed by atoms with Crippen molar-refractivity contribution in [2.24, 2.45) is 0 Å². The van der Waals surface area contributed by atoms with E-state index in [4.69, 9.17) is 16.3 Å². The number of ether oxygens (including phenoxy) is 1. The van der Waals surface area contributed by atoms with Crippen molar-refractivity contribution in [3.8, 4) is 5.75 Å². The lowest BCUT2D eigenvalue weighted by Crippen LogP contribution is -2.01. The highest BCUT2D eigenvalue weighted by molar-refractivity contribution is 9.11. The predicted octanol–water partition coefficient (Wildman–Crippen LogP) is 6.18. The molecule has 0 bridgehead atoms. The molecule has 2 aromatic carbocycles. The smallest absolute Gasteiger partial charge is 0.147 e. The summed E-state index contributed by atoms with van der Waals surface area (Å²) in [6, 6.07) is 10.1. The van der Waals surface area contributed by atoms with Gasteiger partial charge in [0.05, 0.1) is 15.6 Å². The van der Waals surface area contributed by atoms with E-state index in [1.54, 1.807) is 0 Å². The van der Waals surface area contributed by atoms with Crippen LogP contribution in [0.1, 0.15) is 18.1 Å². The van der Waals surface area contributed by atoms with E-state index < -0.39 is 0 Å². The zero-order valence-electron chi connectivity index (χ0n) is 11.8. The molecule has 112 valence electrons. The van der Waals surface area contributed by atoms with Crippen LogP contribution >= 0.6 is 43.5 Å². The molecule has 0 atom stereocenters. The monoisotopic (exact) mass is 431 g/mol. The molecule has 0 radical (unpaired) electrons. The summed E-state index contributed by atoms with van der Waals surface area (Å²) in [5.41, 5.74) is 3.23. The maximum atomic E-state index is 6.13. The third-order valence-corrected chi connectivity index (χ3v) is 4.60. The molecular weight excluding hydrogens is 417 g/mol. The van der Waals surface area contributed by atoms with E-state index in [-0.39, 0.29) is 0 Å². The molecule has 0 aliphatic carbocycles. The minimum Gasteiger partial charge on any atom is -0.492 e. The summed E-state index contributed by atoms with van der Waals surface area (Å²) in [5.74, 6) is 0.833. The molecule has 5 heteroatoms. The van der Waals surface area contributed by atoms with Crippen LogP contribution in [0.4, 0.5) is 5.69 Å². The largest absolute Gasteiger partial charge is 0.492 e. The van der Waals surface area contributed by atoms with E-state index in [0.29, 0.717) is 13.2 Å². The Balaban J connectivity index is 2.11. The fourth-order valence-electron chi connectivity index (χ4n) is 1.90. The fourth-order valence-corrected chi connectivity index (χ4v) is 3.59. The number of halogens is 3. The Morgan fingerprint density at radius 1 is 1.14 bits per heavy atom. The first kappa shape index (κ1) is 16.7. The van der Waals surface area contributed by atoms with Gasteiger partial charge in [-0.3, -0.25) is 0 Å². The second-order valence-electron chi connectivity index (χ2n) is 4.64. The van der Waals surface area contributed by atoms with Crippen molar-refractivity contribution >= 4 is 49.1 Å². The lowest BCUT2D eigenvalue weighted by Gasteiger charge is -2.12. The highest BCUT2D eigenvalue weighted by Crippen LogP contribution is 2.35. The van der Waals surface area contributed by atoms with Gasteiger partial charge in [0.1, 0.15) is 5.75 Å². The van der Waals surface area contributed by atoms with Crippen LogP contribution in [-0.4, -0.2) is 6.61 Å². The van der Waals surface area contributed by atoms with Crippen LogP contribution < -0.4 is 10.1 Å². The average molecular weight is 434 g/mol. The molecule has 0 aromatic heterocycles. The highest BCUT2D eigenvalue weighted by Gasteiger charge is 2.08. The second kappa shape index (κ2) is 7.52. The van der Waals surface area contributed by atoms with Crippen LogP contribution in [0.5, 0.6) is 5.75 Å². The third-order valence-electron chi connectivity index (χ3n) is 3.02. The van der Waals surface area contributed by atoms with Gasteiger partial charge in [0.2, 0.25) is 0 Å². The maximum absolute atomic E-state index is 6.13. The van der Waals surface area contributed by atoms with E-state index in [9.17, 15) is 0 Å². The van der Waals surface area contributed by atoms with Gasteiger partial charge in [-0.25, -0.2) is 0 Å². The lowest BCUT2D eigenvalue weighted by molar-refractivity contribution is 0.336. The molecular formula is C16H16Br2ClNO. The summed E-state index contributed by atoms with van der Waals surface area (Å²) in [6.45, 7) is 5.31. The Bertz CT molecular complexity index is 623. The number of nitrogens with one attached hydrogen (secondary N) is 1. The summed E-state index contributed by atoms with van der Waals surface area (Å²) in [5, 5.41) is 4.14. The van der Waals surface area contributed by atoms with Crippen molar-refractivity contribution in [1.29, 1.82) is 0 Å². The first-order valence-electron chi connectivity index (χ1n) is 6.62. The van der Waals surface area contributed by atoms with Gasteiger partial charge in [-0.05, 0) is 81.1 Å². The molecule has 0 aliphatic rings. The van der Waals surface area contributed by atoms with Crippen LogP contribution in [0.2, 0.25) is 5.02 Å². The van der Waals surface area contributed by atoms with Gasteiger partial charge < -0.3 is 10.1 Å². The second-order valence-corrected chi connectivity index (χ2v) is 6.75. The fraction of sp³-hybridized carbons (Fsp3) is 0.250. The van der Waals surface area contributed by atoms with Gasteiger partial charge in [-0.15, -0.1) is 0 Å². The van der Waals surface area contributed by atoms with Crippen LogP contribution in [-0.2, 0) is 6.54 Å². The highest BCUT2D eigenvalue weighted by atomic mass is 79.9. The van der Waals surface area contributed by atoms with Crippen LogP contribution in [0.25, 0.3) is 0 Å². The van der Waals surface area contributed by atoms with Gasteiger partial charge in [0.25, 0.3) is 0 Å². The molecule has 1 N–H and O–H groups in total. The number of aryl methyl sites for hydroxylation is 1. The Hall–Kier alpha value is -0.710. The number of anilines is 1. The van der Waals surface area contributed by atoms with E-state index in [0.717, 1.165) is 36.5 Å². The standard InChI is InChI=1S/C16H16Br2ClNO/c1-3-21-16-13(17)6-11(7-14(16)18)9-20-12-5-4-10(2)15(19)8-12/h4-8,20H,3,9H2,1-2H3. The molecule has 2 rings (SSSR count). The van der Waals surface area contributed by atoms with Crippen LogP contribution in [0, 0.1) is 6.92 Å². The Kier molecular flexibility index (Phi) is 5.97. The molecule has 0 spiro atoms. The summed E-state index contributed by atoms with van der Waals surface area (Å²) in [6.07, 6.45) is 0. The Labute approximate surface area is 147 Å². The van der Waals surface area contributed by atoms with E-state index in [1.165, 1.54) is 0 Å². The SMILES string of the molecule is CCOc1c(Br)cc(CNc2ccc(C)c(Cl)c2)cc1Br. The zero-order valence-corrected chi connectivity index (χ0v) is 15.8. The average Bonchev–Trinajstić information content (AvgIpc) is 2.44. The normalized spacial score (nSPS) is 10.5. The number of hydrogen-bond acceptors (Lipinski definition) is 2. The predicted molar refractivity (Wildman–Crippen MR) is 96.5 cm³/mol. The quantitative estimate of drug-likeness (QED) is 0.608. The molecule has 0 heterocycles. The molecule has 0 unspecified atom stereocenters. The van der Waals surface area contributed by atoms with Crippen molar-refractivity contribution in [1.82, 2.24) is 0 Å². The molecule has 0 saturated heterocycles. The summed E-state index contributed by atoms with van der Waals surface area (Å²) in [4.78, 5) is 0. The Morgan fingerprint density at radius 2 is 1.81 bits per heavy atom. The van der Waals surface area contributed by atoms with E-state index in [1.807, 2.05) is 32.0 Å². The van der Waals surface area contributed by atoms with Crippen molar-refractivity contribution < 1.29 is 4.74 Å². The van der Waals surface area contributed by atoms with Crippen molar-refractivity contribution in [3.63, 3.8) is 0 Å². The maximum Gasteiger partial charge on any atom is 0.147 e. The van der Waals surface area contributed by atoms with Gasteiger partial charge in [-0.2, -0.15) is 0 Å². The van der Waals surface area contributed by atoms with E-state index >= 15 is 0 Å². The summed E-state index contributed by atoms with van der Waals surface area (Å²) >= 11 is 13.2. The third kappa shape index (κ3) is 4.38. The van der Waals surface area contributed by atoms with Gasteiger partial charge >= 0.3 is 0 Å². The minimum atomic E-state index is 0.636. The first-order valence-corrected chi connectivity index (χ1v) is 8.58.